The van der Waals surface area contributed by atoms with Crippen LogP contribution in [-0.4, -0.2) is 42.5 Å². The van der Waals surface area contributed by atoms with Gasteiger partial charge in [0.1, 0.15) is 17.6 Å². The second-order valence-corrected chi connectivity index (χ2v) is 6.30. The van der Waals surface area contributed by atoms with E-state index in [-0.39, 0.29) is 11.0 Å². The van der Waals surface area contributed by atoms with Crippen molar-refractivity contribution in [2.75, 3.05) is 26.6 Å². The molecule has 1 aliphatic rings. The molecule has 1 aliphatic heterocycles. The maximum atomic E-state index is 12.3. The van der Waals surface area contributed by atoms with E-state index < -0.39 is 0 Å². The zero-order chi connectivity index (χ0) is 13.3. The first-order valence-corrected chi connectivity index (χ1v) is 7.22. The molecule has 0 bridgehead atoms. The Morgan fingerprint density at radius 2 is 2.17 bits per heavy atom. The van der Waals surface area contributed by atoms with Gasteiger partial charge in [-0.2, -0.15) is 0 Å². The minimum absolute atomic E-state index is 0.0183. The summed E-state index contributed by atoms with van der Waals surface area (Å²) in [5.41, 5.74) is 0.448. The number of benzene rings is 1. The van der Waals surface area contributed by atoms with Crippen molar-refractivity contribution in [1.29, 1.82) is 0 Å². The van der Waals surface area contributed by atoms with Gasteiger partial charge in [0.2, 0.25) is 0 Å². The molecule has 1 atom stereocenters. The molecule has 0 spiro atoms. The molecule has 3 nitrogen and oxygen atoms in total. The lowest BCUT2D eigenvalue weighted by atomic mass is 10.0. The first-order valence-electron chi connectivity index (χ1n) is 5.41. The zero-order valence-electron chi connectivity index (χ0n) is 10.1. The van der Waals surface area contributed by atoms with E-state index in [9.17, 15) is 4.79 Å². The van der Waals surface area contributed by atoms with Gasteiger partial charge in [0.25, 0.3) is 0 Å². The van der Waals surface area contributed by atoms with Crippen molar-refractivity contribution in [2.24, 2.45) is 0 Å². The lowest BCUT2D eigenvalue weighted by Crippen LogP contribution is -2.32. The second-order valence-electron chi connectivity index (χ2n) is 4.30. The third-order valence-corrected chi connectivity index (χ3v) is 4.42. The standard InChI is InChI=1S/C12H13Cl2NO2S/c1-15(2)6-18-10-5-17-9-4-7(13)3-8(14)11(9)12(10)16/h3-4,10H,5-6H2,1-2H3. The molecule has 0 aliphatic carbocycles. The maximum absolute atomic E-state index is 12.3. The monoisotopic (exact) mass is 305 g/mol. The minimum atomic E-state index is -0.210. The predicted octanol–water partition coefficient (Wildman–Crippen LogP) is 3.19. The normalized spacial score (nSPS) is 18.7. The van der Waals surface area contributed by atoms with Gasteiger partial charge in [0, 0.05) is 10.9 Å². The molecule has 6 heteroatoms. The number of thioether (sulfide) groups is 1. The topological polar surface area (TPSA) is 29.5 Å². The number of nitrogens with zero attached hydrogens (tertiary/aromatic N) is 1. The average molecular weight is 306 g/mol. The number of hydrogen-bond donors (Lipinski definition) is 0. The van der Waals surface area contributed by atoms with E-state index in [0.717, 1.165) is 5.88 Å². The highest BCUT2D eigenvalue weighted by Crippen LogP contribution is 2.36. The Morgan fingerprint density at radius 1 is 1.44 bits per heavy atom. The number of carbonyl (C=O) groups excluding carboxylic acids is 1. The van der Waals surface area contributed by atoms with E-state index in [4.69, 9.17) is 27.9 Å². The highest BCUT2D eigenvalue weighted by Gasteiger charge is 2.31. The molecule has 1 aromatic carbocycles. The van der Waals surface area contributed by atoms with Crippen LogP contribution in [0.3, 0.4) is 0 Å². The summed E-state index contributed by atoms with van der Waals surface area (Å²) in [4.78, 5) is 14.3. The van der Waals surface area contributed by atoms with Crippen LogP contribution in [0, 0.1) is 0 Å². The second kappa shape index (κ2) is 5.70. The molecule has 1 aromatic rings. The number of ketones is 1. The molecule has 1 heterocycles. The molecule has 18 heavy (non-hydrogen) atoms. The highest BCUT2D eigenvalue weighted by atomic mass is 35.5. The molecule has 0 saturated carbocycles. The molecule has 0 N–H and O–H groups in total. The fraction of sp³-hybridized carbons (Fsp3) is 0.417. The number of fused-ring (bicyclic) bond motifs is 1. The van der Waals surface area contributed by atoms with Gasteiger partial charge < -0.3 is 9.64 Å². The van der Waals surface area contributed by atoms with Crippen LogP contribution in [0.15, 0.2) is 12.1 Å². The lowest BCUT2D eigenvalue weighted by Gasteiger charge is -2.25. The van der Waals surface area contributed by atoms with Gasteiger partial charge in [-0.3, -0.25) is 4.79 Å². The average Bonchev–Trinajstić information content (AvgIpc) is 2.26. The van der Waals surface area contributed by atoms with E-state index in [0.29, 0.717) is 28.0 Å². The van der Waals surface area contributed by atoms with Gasteiger partial charge in [-0.05, 0) is 26.2 Å². The van der Waals surface area contributed by atoms with E-state index in [1.54, 1.807) is 23.9 Å². The number of halogens is 2. The molecule has 0 saturated heterocycles. The van der Waals surface area contributed by atoms with Crippen LogP contribution in [0.5, 0.6) is 5.75 Å². The van der Waals surface area contributed by atoms with Gasteiger partial charge in [-0.1, -0.05) is 23.2 Å². The third-order valence-electron chi connectivity index (χ3n) is 2.48. The number of ether oxygens (including phenoxy) is 1. The number of Topliss-reactive ketones (excluding diaryl/α,β-unsaturated/α-hetero) is 1. The predicted molar refractivity (Wildman–Crippen MR) is 76.2 cm³/mol. The fourth-order valence-corrected chi connectivity index (χ4v) is 3.15. The Labute approximate surface area is 120 Å². The van der Waals surface area contributed by atoms with Crippen LogP contribution in [0.25, 0.3) is 0 Å². The molecule has 0 aromatic heterocycles. The summed E-state index contributed by atoms with van der Waals surface area (Å²) < 4.78 is 5.57. The van der Waals surface area contributed by atoms with Gasteiger partial charge >= 0.3 is 0 Å². The summed E-state index contributed by atoms with van der Waals surface area (Å²) in [7, 11) is 3.92. The third kappa shape index (κ3) is 2.94. The SMILES string of the molecule is CN(C)CSC1COc2cc(Cl)cc(Cl)c2C1=O. The van der Waals surface area contributed by atoms with Crippen molar-refractivity contribution in [3.05, 3.63) is 27.7 Å². The smallest absolute Gasteiger partial charge is 0.184 e. The fourth-order valence-electron chi connectivity index (χ4n) is 1.67. The van der Waals surface area contributed by atoms with Crippen LogP contribution >= 0.6 is 35.0 Å². The summed E-state index contributed by atoms with van der Waals surface area (Å²) in [6.45, 7) is 0.362. The maximum Gasteiger partial charge on any atom is 0.184 e. The Balaban J connectivity index is 2.23. The van der Waals surface area contributed by atoms with Crippen LogP contribution in [0.4, 0.5) is 0 Å². The van der Waals surface area contributed by atoms with Crippen LogP contribution in [0.1, 0.15) is 10.4 Å². The Kier molecular flexibility index (Phi) is 4.43. The van der Waals surface area contributed by atoms with Crippen molar-refractivity contribution in [1.82, 2.24) is 4.90 Å². The van der Waals surface area contributed by atoms with Crippen molar-refractivity contribution in [2.45, 2.75) is 5.25 Å². The van der Waals surface area contributed by atoms with Gasteiger partial charge in [0.05, 0.1) is 10.6 Å². The zero-order valence-corrected chi connectivity index (χ0v) is 12.4. The highest BCUT2D eigenvalue weighted by molar-refractivity contribution is 8.00. The lowest BCUT2D eigenvalue weighted by molar-refractivity contribution is 0.0943. The molecule has 1 unspecified atom stereocenters. The first kappa shape index (κ1) is 14.0. The van der Waals surface area contributed by atoms with Gasteiger partial charge in [0.15, 0.2) is 5.78 Å². The number of carbonyl (C=O) groups is 1. The van der Waals surface area contributed by atoms with Crippen molar-refractivity contribution in [3.8, 4) is 5.75 Å². The summed E-state index contributed by atoms with van der Waals surface area (Å²) in [6.07, 6.45) is 0. The van der Waals surface area contributed by atoms with Crippen molar-refractivity contribution in [3.63, 3.8) is 0 Å². The summed E-state index contributed by atoms with van der Waals surface area (Å²) >= 11 is 13.5. The van der Waals surface area contributed by atoms with E-state index in [1.807, 2.05) is 19.0 Å². The molecule has 0 amide bonds. The van der Waals surface area contributed by atoms with E-state index in [1.165, 1.54) is 0 Å². The van der Waals surface area contributed by atoms with Crippen LogP contribution < -0.4 is 4.74 Å². The van der Waals surface area contributed by atoms with E-state index in [2.05, 4.69) is 0 Å². The van der Waals surface area contributed by atoms with E-state index >= 15 is 0 Å². The summed E-state index contributed by atoms with van der Waals surface area (Å²) in [5, 5.41) is 0.627. The number of hydrogen-bond acceptors (Lipinski definition) is 4. The summed E-state index contributed by atoms with van der Waals surface area (Å²) in [6, 6.07) is 3.20. The van der Waals surface area contributed by atoms with Crippen molar-refractivity contribution >= 4 is 40.7 Å². The first-order chi connectivity index (χ1) is 8.49. The van der Waals surface area contributed by atoms with Crippen molar-refractivity contribution < 1.29 is 9.53 Å². The minimum Gasteiger partial charge on any atom is -0.491 e. The van der Waals surface area contributed by atoms with Gasteiger partial charge in [-0.15, -0.1) is 11.8 Å². The van der Waals surface area contributed by atoms with Crippen LogP contribution in [0.2, 0.25) is 10.0 Å². The van der Waals surface area contributed by atoms with Gasteiger partial charge in [-0.25, -0.2) is 0 Å². The Bertz CT molecular complexity index is 479. The summed E-state index contributed by atoms with van der Waals surface area (Å²) in [5.74, 6) is 1.27. The van der Waals surface area contributed by atoms with Crippen LogP contribution in [-0.2, 0) is 0 Å². The molecular formula is C12H13Cl2NO2S. The molecule has 98 valence electrons. The molecule has 2 rings (SSSR count). The Morgan fingerprint density at radius 3 is 2.83 bits per heavy atom. The number of rotatable bonds is 3. The largest absolute Gasteiger partial charge is 0.491 e. The molecule has 0 fully saturated rings. The molecule has 0 radical (unpaired) electrons. The molecular weight excluding hydrogens is 293 g/mol. The Hall–Kier alpha value is -0.420. The quantitative estimate of drug-likeness (QED) is 0.802.